The maximum atomic E-state index is 11.3. The van der Waals surface area contributed by atoms with Crippen LogP contribution in [0.15, 0.2) is 77.8 Å². The summed E-state index contributed by atoms with van der Waals surface area (Å²) in [6, 6.07) is 19.4. The van der Waals surface area contributed by atoms with Crippen molar-refractivity contribution in [1.29, 1.82) is 0 Å². The molecule has 0 saturated heterocycles. The highest BCUT2D eigenvalue weighted by Crippen LogP contribution is 2.35. The normalized spacial score (nSPS) is 10.7. The Morgan fingerprint density at radius 3 is 2.22 bits per heavy atom. The molecule has 0 N–H and O–H groups in total. The molecule has 3 rings (SSSR count). The minimum atomic E-state index is -0.719. The zero-order valence-electron chi connectivity index (χ0n) is 13.9. The van der Waals surface area contributed by atoms with Gasteiger partial charge in [-0.1, -0.05) is 30.3 Å². The first-order valence-corrected chi connectivity index (χ1v) is 7.83. The number of nitro groups is 2. The second-order valence-corrected chi connectivity index (χ2v) is 5.40. The molecule has 0 bridgehead atoms. The van der Waals surface area contributed by atoms with Crippen LogP contribution in [0.4, 0.5) is 17.1 Å². The van der Waals surface area contributed by atoms with Crippen molar-refractivity contribution < 1.29 is 14.6 Å². The fraction of sp³-hybridized carbons (Fsp3) is 0. The Morgan fingerprint density at radius 2 is 1.52 bits per heavy atom. The fourth-order valence-electron chi connectivity index (χ4n) is 2.31. The van der Waals surface area contributed by atoms with Crippen LogP contribution < -0.4 is 4.74 Å². The van der Waals surface area contributed by atoms with Crippen LogP contribution in [-0.4, -0.2) is 16.1 Å². The maximum absolute atomic E-state index is 11.3. The first kappa shape index (κ1) is 17.7. The highest BCUT2D eigenvalue weighted by Gasteiger charge is 2.21. The van der Waals surface area contributed by atoms with E-state index in [0.717, 1.165) is 17.8 Å². The van der Waals surface area contributed by atoms with Gasteiger partial charge < -0.3 is 4.74 Å². The van der Waals surface area contributed by atoms with Crippen molar-refractivity contribution in [2.75, 3.05) is 0 Å². The molecule has 0 aliphatic rings. The van der Waals surface area contributed by atoms with E-state index in [0.29, 0.717) is 11.3 Å². The molecule has 0 saturated carbocycles. The molecule has 0 aliphatic carbocycles. The smallest absolute Gasteiger partial charge is 0.318 e. The molecule has 0 atom stereocenters. The quantitative estimate of drug-likeness (QED) is 0.346. The topological polar surface area (TPSA) is 108 Å². The number of benzene rings is 3. The van der Waals surface area contributed by atoms with Crippen LogP contribution in [0.2, 0.25) is 0 Å². The Kier molecular flexibility index (Phi) is 5.17. The number of nitro benzene ring substituents is 2. The van der Waals surface area contributed by atoms with Gasteiger partial charge >= 0.3 is 5.69 Å². The zero-order chi connectivity index (χ0) is 19.2. The number of nitrogens with zero attached hydrogens (tertiary/aromatic N) is 3. The molecule has 3 aromatic rings. The van der Waals surface area contributed by atoms with Gasteiger partial charge in [0.15, 0.2) is 0 Å². The zero-order valence-corrected chi connectivity index (χ0v) is 13.9. The lowest BCUT2D eigenvalue weighted by Gasteiger charge is -2.08. The summed E-state index contributed by atoms with van der Waals surface area (Å²) < 4.78 is 5.67. The van der Waals surface area contributed by atoms with Crippen LogP contribution in [0.3, 0.4) is 0 Å². The van der Waals surface area contributed by atoms with Gasteiger partial charge in [0.25, 0.3) is 5.69 Å². The minimum Gasteiger partial charge on any atom is -0.449 e. The van der Waals surface area contributed by atoms with Crippen LogP contribution in [0, 0.1) is 20.2 Å². The SMILES string of the molecule is O=[N+]([O-])c1ccc(Oc2ccccc2C=Nc2ccccc2)c([N+](=O)[O-])c1. The van der Waals surface area contributed by atoms with Gasteiger partial charge in [0, 0.05) is 17.8 Å². The van der Waals surface area contributed by atoms with Gasteiger partial charge in [-0.3, -0.25) is 25.2 Å². The minimum absolute atomic E-state index is 0.0915. The predicted molar refractivity (Wildman–Crippen MR) is 100.0 cm³/mol. The number of para-hydroxylation sites is 2. The maximum Gasteiger partial charge on any atom is 0.318 e. The summed E-state index contributed by atoms with van der Waals surface area (Å²) in [6.45, 7) is 0. The van der Waals surface area contributed by atoms with Crippen molar-refractivity contribution in [1.82, 2.24) is 0 Å². The van der Waals surface area contributed by atoms with E-state index in [1.165, 1.54) is 6.07 Å². The largest absolute Gasteiger partial charge is 0.449 e. The molecule has 8 nitrogen and oxygen atoms in total. The highest BCUT2D eigenvalue weighted by molar-refractivity contribution is 5.85. The number of non-ortho nitro benzene ring substituents is 1. The molecular formula is C19H13N3O5. The van der Waals surface area contributed by atoms with E-state index in [1.54, 1.807) is 30.5 Å². The number of rotatable bonds is 6. The Bertz CT molecular complexity index is 1020. The van der Waals surface area contributed by atoms with Crippen LogP contribution >= 0.6 is 0 Å². The van der Waals surface area contributed by atoms with Gasteiger partial charge in [0.2, 0.25) is 5.75 Å². The number of hydrogen-bond donors (Lipinski definition) is 0. The molecular weight excluding hydrogens is 350 g/mol. The lowest BCUT2D eigenvalue weighted by molar-refractivity contribution is -0.394. The summed E-state index contributed by atoms with van der Waals surface area (Å²) in [4.78, 5) is 25.0. The van der Waals surface area contributed by atoms with Crippen molar-refractivity contribution in [3.8, 4) is 11.5 Å². The first-order valence-electron chi connectivity index (χ1n) is 7.83. The molecule has 0 heterocycles. The average molecular weight is 363 g/mol. The molecule has 0 fully saturated rings. The third kappa shape index (κ3) is 4.31. The Balaban J connectivity index is 1.94. The van der Waals surface area contributed by atoms with Crippen LogP contribution in [-0.2, 0) is 0 Å². The standard InChI is InChI=1S/C19H13N3O5/c23-21(24)16-10-11-19(17(12-16)22(25)26)27-18-9-5-4-6-14(18)13-20-15-7-2-1-3-8-15/h1-13H. The second-order valence-electron chi connectivity index (χ2n) is 5.40. The van der Waals surface area contributed by atoms with Gasteiger partial charge in [-0.05, 0) is 30.3 Å². The monoisotopic (exact) mass is 363 g/mol. The second kappa shape index (κ2) is 7.87. The number of hydrogen-bond acceptors (Lipinski definition) is 6. The van der Waals surface area contributed by atoms with Gasteiger partial charge in [-0.2, -0.15) is 0 Å². The molecule has 27 heavy (non-hydrogen) atoms. The van der Waals surface area contributed by atoms with Crippen molar-refractivity contribution in [3.05, 3.63) is 98.6 Å². The summed E-state index contributed by atoms with van der Waals surface area (Å²) in [7, 11) is 0. The summed E-state index contributed by atoms with van der Waals surface area (Å²) in [6.07, 6.45) is 1.59. The van der Waals surface area contributed by atoms with Crippen LogP contribution in [0.25, 0.3) is 0 Å². The van der Waals surface area contributed by atoms with Crippen LogP contribution in [0.5, 0.6) is 11.5 Å². The molecule has 0 spiro atoms. The lowest BCUT2D eigenvalue weighted by Crippen LogP contribution is -1.97. The van der Waals surface area contributed by atoms with E-state index in [9.17, 15) is 20.2 Å². The molecule has 8 heteroatoms. The van der Waals surface area contributed by atoms with E-state index in [4.69, 9.17) is 4.74 Å². The van der Waals surface area contributed by atoms with Gasteiger partial charge in [-0.25, -0.2) is 0 Å². The van der Waals surface area contributed by atoms with E-state index < -0.39 is 15.5 Å². The van der Waals surface area contributed by atoms with Crippen molar-refractivity contribution in [2.24, 2.45) is 4.99 Å². The highest BCUT2D eigenvalue weighted by atomic mass is 16.6. The van der Waals surface area contributed by atoms with Gasteiger partial charge in [0.1, 0.15) is 5.75 Å². The molecule has 0 amide bonds. The Labute approximate surface area is 153 Å². The summed E-state index contributed by atoms with van der Waals surface area (Å²) in [5, 5.41) is 22.1. The molecule has 0 aliphatic heterocycles. The van der Waals surface area contributed by atoms with E-state index in [1.807, 2.05) is 30.3 Å². The lowest BCUT2D eigenvalue weighted by atomic mass is 10.2. The van der Waals surface area contributed by atoms with Crippen molar-refractivity contribution in [3.63, 3.8) is 0 Å². The molecule has 0 aromatic heterocycles. The van der Waals surface area contributed by atoms with Crippen molar-refractivity contribution in [2.45, 2.75) is 0 Å². The Morgan fingerprint density at radius 1 is 0.815 bits per heavy atom. The molecule has 0 radical (unpaired) electrons. The van der Waals surface area contributed by atoms with Gasteiger partial charge in [-0.15, -0.1) is 0 Å². The average Bonchev–Trinajstić information content (AvgIpc) is 2.68. The first-order chi connectivity index (χ1) is 13.0. The summed E-state index contributed by atoms with van der Waals surface area (Å²) in [5.41, 5.74) is 0.481. The van der Waals surface area contributed by atoms with Gasteiger partial charge in [0.05, 0.1) is 21.6 Å². The van der Waals surface area contributed by atoms with E-state index in [-0.39, 0.29) is 11.4 Å². The number of ether oxygens (including phenoxy) is 1. The third-order valence-electron chi connectivity index (χ3n) is 3.60. The molecule has 134 valence electrons. The van der Waals surface area contributed by atoms with Crippen molar-refractivity contribution >= 4 is 23.3 Å². The predicted octanol–water partition coefficient (Wildman–Crippen LogP) is 5.05. The third-order valence-corrected chi connectivity index (χ3v) is 3.60. The molecule has 0 unspecified atom stereocenters. The van der Waals surface area contributed by atoms with E-state index >= 15 is 0 Å². The fourth-order valence-corrected chi connectivity index (χ4v) is 2.31. The van der Waals surface area contributed by atoms with E-state index in [2.05, 4.69) is 4.99 Å². The Hall–Kier alpha value is -4.07. The molecule has 3 aromatic carbocycles. The van der Waals surface area contributed by atoms with Crippen LogP contribution in [0.1, 0.15) is 5.56 Å². The summed E-state index contributed by atoms with van der Waals surface area (Å²) >= 11 is 0. The number of aliphatic imine (C=N–C) groups is 1. The summed E-state index contributed by atoms with van der Waals surface area (Å²) in [5.74, 6) is 0.250.